The number of hydrogen-bond donors (Lipinski definition) is 0. The van der Waals surface area contributed by atoms with Crippen molar-refractivity contribution in [3.63, 3.8) is 0 Å². The molecule has 0 bridgehead atoms. The maximum absolute atomic E-state index is 12.6. The molecule has 2 aromatic carbocycles. The summed E-state index contributed by atoms with van der Waals surface area (Å²) in [4.78, 5) is 12.6. The molecule has 1 atom stereocenters. The fourth-order valence-electron chi connectivity index (χ4n) is 3.06. The monoisotopic (exact) mass is 334 g/mol. The topological polar surface area (TPSA) is 35.5 Å². The predicted octanol–water partition coefficient (Wildman–Crippen LogP) is 4.72. The van der Waals surface area contributed by atoms with Gasteiger partial charge in [-0.1, -0.05) is 67.2 Å². The lowest BCUT2D eigenvalue weighted by Crippen LogP contribution is -2.14. The molecule has 3 nitrogen and oxygen atoms in total. The van der Waals surface area contributed by atoms with Gasteiger partial charge in [0.05, 0.1) is 18.8 Å². The quantitative estimate of drug-likeness (QED) is 0.717. The van der Waals surface area contributed by atoms with Crippen molar-refractivity contribution in [2.75, 3.05) is 13.2 Å². The normalized spacial score (nSPS) is 16.8. The van der Waals surface area contributed by atoms with Gasteiger partial charge in [0, 0.05) is 0 Å². The van der Waals surface area contributed by atoms with Crippen molar-refractivity contribution >= 4 is 11.5 Å². The van der Waals surface area contributed by atoms with Gasteiger partial charge >= 0.3 is 5.97 Å². The smallest absolute Gasteiger partial charge is 0.337 e. The van der Waals surface area contributed by atoms with E-state index in [1.165, 1.54) is 0 Å². The van der Waals surface area contributed by atoms with E-state index in [2.05, 4.69) is 6.58 Å². The van der Waals surface area contributed by atoms with E-state index in [0.29, 0.717) is 25.2 Å². The lowest BCUT2D eigenvalue weighted by atomic mass is 9.94. The van der Waals surface area contributed by atoms with Crippen molar-refractivity contribution in [1.82, 2.24) is 0 Å². The number of rotatable bonds is 6. The number of carbonyl (C=O) groups excluding carboxylic acids is 1. The molecule has 3 rings (SSSR count). The van der Waals surface area contributed by atoms with Crippen LogP contribution in [0.5, 0.6) is 0 Å². The fraction of sp³-hybridized carbons (Fsp3) is 0.227. The van der Waals surface area contributed by atoms with E-state index in [9.17, 15) is 4.79 Å². The van der Waals surface area contributed by atoms with Gasteiger partial charge in [0.1, 0.15) is 6.10 Å². The van der Waals surface area contributed by atoms with E-state index in [1.54, 1.807) is 0 Å². The summed E-state index contributed by atoms with van der Waals surface area (Å²) in [5, 5.41) is 0. The van der Waals surface area contributed by atoms with Crippen LogP contribution in [-0.4, -0.2) is 19.2 Å². The summed E-state index contributed by atoms with van der Waals surface area (Å²) in [6.07, 6.45) is 0.223. The van der Waals surface area contributed by atoms with Crippen molar-refractivity contribution in [2.24, 2.45) is 0 Å². The van der Waals surface area contributed by atoms with Gasteiger partial charge in [-0.3, -0.25) is 0 Å². The maximum Gasteiger partial charge on any atom is 0.337 e. The summed E-state index contributed by atoms with van der Waals surface area (Å²) >= 11 is 0. The minimum absolute atomic E-state index is 0.301. The number of hydrogen-bond acceptors (Lipinski definition) is 3. The molecule has 0 aromatic heterocycles. The van der Waals surface area contributed by atoms with Crippen LogP contribution in [0.2, 0.25) is 0 Å². The molecule has 1 aliphatic rings. The molecule has 25 heavy (non-hydrogen) atoms. The Morgan fingerprint density at radius 2 is 1.76 bits per heavy atom. The Morgan fingerprint density at radius 3 is 2.40 bits per heavy atom. The van der Waals surface area contributed by atoms with E-state index >= 15 is 0 Å². The highest BCUT2D eigenvalue weighted by Crippen LogP contribution is 2.38. The molecule has 128 valence electrons. The first-order chi connectivity index (χ1) is 12.2. The largest absolute Gasteiger partial charge is 0.463 e. The minimum Gasteiger partial charge on any atom is -0.463 e. The van der Waals surface area contributed by atoms with Crippen LogP contribution in [0.1, 0.15) is 30.6 Å². The van der Waals surface area contributed by atoms with Crippen LogP contribution in [-0.2, 0) is 14.3 Å². The standard InChI is InChI=1S/C22H22O3/c1-3-24-22(23)20-19(14-16(2)17-10-6-4-7-11-17)15-25-21(20)18-12-8-5-9-13-18/h4-13,21H,2-3,14-15H2,1H3. The number of benzene rings is 2. The van der Waals surface area contributed by atoms with Crippen molar-refractivity contribution in [3.8, 4) is 0 Å². The third-order valence-corrected chi connectivity index (χ3v) is 4.27. The highest BCUT2D eigenvalue weighted by molar-refractivity contribution is 5.92. The lowest BCUT2D eigenvalue weighted by molar-refractivity contribution is -0.139. The highest BCUT2D eigenvalue weighted by Gasteiger charge is 2.33. The van der Waals surface area contributed by atoms with Crippen LogP contribution in [0.4, 0.5) is 0 Å². The second kappa shape index (κ2) is 7.95. The molecule has 0 amide bonds. The van der Waals surface area contributed by atoms with Gasteiger partial charge in [-0.2, -0.15) is 0 Å². The zero-order chi connectivity index (χ0) is 17.6. The fourth-order valence-corrected chi connectivity index (χ4v) is 3.06. The second-order valence-corrected chi connectivity index (χ2v) is 5.99. The van der Waals surface area contributed by atoms with Crippen LogP contribution >= 0.6 is 0 Å². The van der Waals surface area contributed by atoms with Gasteiger partial charge in [0.15, 0.2) is 0 Å². The maximum atomic E-state index is 12.6. The van der Waals surface area contributed by atoms with Crippen LogP contribution < -0.4 is 0 Å². The zero-order valence-corrected chi connectivity index (χ0v) is 14.4. The van der Waals surface area contributed by atoms with E-state index < -0.39 is 0 Å². The van der Waals surface area contributed by atoms with Gasteiger partial charge in [0.2, 0.25) is 0 Å². The van der Waals surface area contributed by atoms with Crippen molar-refractivity contribution in [1.29, 1.82) is 0 Å². The molecule has 3 heteroatoms. The SMILES string of the molecule is C=C(CC1=C(C(=O)OCC)C(c2ccccc2)OC1)c1ccccc1. The van der Waals surface area contributed by atoms with E-state index in [0.717, 1.165) is 22.3 Å². The minimum atomic E-state index is -0.376. The lowest BCUT2D eigenvalue weighted by Gasteiger charge is -2.14. The van der Waals surface area contributed by atoms with Crippen molar-refractivity contribution in [3.05, 3.63) is 89.5 Å². The number of carbonyl (C=O) groups is 1. The Kier molecular flexibility index (Phi) is 5.46. The summed E-state index contributed by atoms with van der Waals surface area (Å²) in [5.41, 5.74) is 4.56. The second-order valence-electron chi connectivity index (χ2n) is 5.99. The van der Waals surface area contributed by atoms with Crippen LogP contribution in [0.15, 0.2) is 78.4 Å². The summed E-state index contributed by atoms with van der Waals surface area (Å²) in [5.74, 6) is -0.301. The summed E-state index contributed by atoms with van der Waals surface area (Å²) in [7, 11) is 0. The first-order valence-electron chi connectivity index (χ1n) is 8.49. The van der Waals surface area contributed by atoms with Crippen LogP contribution in [0, 0.1) is 0 Å². The molecule has 1 unspecified atom stereocenters. The summed E-state index contributed by atoms with van der Waals surface area (Å²) in [6.45, 7) is 6.76. The van der Waals surface area contributed by atoms with Crippen molar-refractivity contribution in [2.45, 2.75) is 19.4 Å². The molecule has 0 spiro atoms. The van der Waals surface area contributed by atoms with Gasteiger partial charge in [-0.25, -0.2) is 4.79 Å². The first-order valence-corrected chi connectivity index (χ1v) is 8.49. The van der Waals surface area contributed by atoms with Gasteiger partial charge in [-0.15, -0.1) is 0 Å². The number of ether oxygens (including phenoxy) is 2. The third kappa shape index (κ3) is 3.89. The molecule has 1 heterocycles. The number of allylic oxidation sites excluding steroid dienone is 1. The Balaban J connectivity index is 1.91. The Bertz CT molecular complexity index is 775. The average molecular weight is 334 g/mol. The molecule has 0 saturated heterocycles. The summed E-state index contributed by atoms with van der Waals surface area (Å²) in [6, 6.07) is 19.8. The van der Waals surface area contributed by atoms with Gasteiger partial charge in [0.25, 0.3) is 0 Å². The van der Waals surface area contributed by atoms with Crippen molar-refractivity contribution < 1.29 is 14.3 Å². The zero-order valence-electron chi connectivity index (χ0n) is 14.4. The predicted molar refractivity (Wildman–Crippen MR) is 98.9 cm³/mol. The molecular formula is C22H22O3. The molecule has 0 fully saturated rings. The molecule has 0 N–H and O–H groups in total. The molecule has 0 radical (unpaired) electrons. The first kappa shape index (κ1) is 17.2. The average Bonchev–Trinajstić information content (AvgIpc) is 3.07. The van der Waals surface area contributed by atoms with Gasteiger partial charge < -0.3 is 9.47 Å². The molecule has 0 saturated carbocycles. The third-order valence-electron chi connectivity index (χ3n) is 4.27. The molecular weight excluding hydrogens is 312 g/mol. The molecule has 2 aromatic rings. The Hall–Kier alpha value is -2.65. The van der Waals surface area contributed by atoms with E-state index in [-0.39, 0.29) is 12.1 Å². The molecule has 1 aliphatic heterocycles. The van der Waals surface area contributed by atoms with E-state index in [4.69, 9.17) is 9.47 Å². The number of esters is 1. The Labute approximate surface area is 148 Å². The summed E-state index contributed by atoms with van der Waals surface area (Å²) < 4.78 is 11.2. The Morgan fingerprint density at radius 1 is 1.12 bits per heavy atom. The molecule has 0 aliphatic carbocycles. The van der Waals surface area contributed by atoms with Crippen LogP contribution in [0.25, 0.3) is 5.57 Å². The van der Waals surface area contributed by atoms with Crippen LogP contribution in [0.3, 0.4) is 0 Å². The van der Waals surface area contributed by atoms with Gasteiger partial charge in [-0.05, 0) is 35.6 Å². The highest BCUT2D eigenvalue weighted by atomic mass is 16.5. The van der Waals surface area contributed by atoms with E-state index in [1.807, 2.05) is 67.6 Å².